The lowest BCUT2D eigenvalue weighted by Gasteiger charge is -2.31. The molecule has 0 spiro atoms. The molecule has 18 heavy (non-hydrogen) atoms. The number of thiophene rings is 1. The van der Waals surface area contributed by atoms with Crippen LogP contribution in [-0.2, 0) is 16.1 Å². The summed E-state index contributed by atoms with van der Waals surface area (Å²) in [5.41, 5.74) is -0.374. The van der Waals surface area contributed by atoms with Gasteiger partial charge in [-0.2, -0.15) is 0 Å². The van der Waals surface area contributed by atoms with E-state index in [-0.39, 0.29) is 11.3 Å². The molecule has 1 aliphatic rings. The summed E-state index contributed by atoms with van der Waals surface area (Å²) in [5, 5.41) is 5.31. The second-order valence-corrected chi connectivity index (χ2v) is 5.91. The third kappa shape index (κ3) is 2.74. The lowest BCUT2D eigenvalue weighted by atomic mass is 9.86. The van der Waals surface area contributed by atoms with Gasteiger partial charge >= 0.3 is 0 Å². The Morgan fingerprint density at radius 2 is 2.50 bits per heavy atom. The standard InChI is InChI=1S/C13H20N2O2S/c1-15(8-11-4-3-7-18-11)12(16)13(10-17-2)5-6-14-9-13/h3-4,7,14H,5-6,8-10H2,1-2H3. The lowest BCUT2D eigenvalue weighted by Crippen LogP contribution is -2.46. The fraction of sp³-hybridized carbons (Fsp3) is 0.615. The van der Waals surface area contributed by atoms with Gasteiger partial charge in [-0.15, -0.1) is 11.3 Å². The predicted octanol–water partition coefficient (Wildman–Crippen LogP) is 1.33. The topological polar surface area (TPSA) is 41.6 Å². The first-order valence-corrected chi connectivity index (χ1v) is 7.03. The highest BCUT2D eigenvalue weighted by Crippen LogP contribution is 2.29. The first-order valence-electron chi connectivity index (χ1n) is 6.15. The molecule has 0 saturated carbocycles. The molecule has 0 aromatic carbocycles. The fourth-order valence-corrected chi connectivity index (χ4v) is 3.26. The second kappa shape index (κ2) is 5.82. The molecular formula is C13H20N2O2S. The summed E-state index contributed by atoms with van der Waals surface area (Å²) in [7, 11) is 3.53. The largest absolute Gasteiger partial charge is 0.384 e. The van der Waals surface area contributed by atoms with Crippen LogP contribution in [0.3, 0.4) is 0 Å². The van der Waals surface area contributed by atoms with E-state index >= 15 is 0 Å². The molecule has 100 valence electrons. The molecule has 1 atom stereocenters. The van der Waals surface area contributed by atoms with Crippen molar-refractivity contribution in [3.8, 4) is 0 Å². The molecule has 2 rings (SSSR count). The van der Waals surface area contributed by atoms with E-state index in [0.29, 0.717) is 19.7 Å². The Morgan fingerprint density at radius 1 is 1.67 bits per heavy atom. The van der Waals surface area contributed by atoms with E-state index < -0.39 is 0 Å². The Bertz CT molecular complexity index is 386. The highest BCUT2D eigenvalue weighted by atomic mass is 32.1. The van der Waals surface area contributed by atoms with Crippen LogP contribution in [0.2, 0.25) is 0 Å². The first-order chi connectivity index (χ1) is 8.68. The van der Waals surface area contributed by atoms with E-state index in [2.05, 4.69) is 11.4 Å². The van der Waals surface area contributed by atoms with Gasteiger partial charge in [0.15, 0.2) is 0 Å². The minimum Gasteiger partial charge on any atom is -0.384 e. The molecule has 1 aliphatic heterocycles. The number of hydrogen-bond acceptors (Lipinski definition) is 4. The molecule has 5 heteroatoms. The van der Waals surface area contributed by atoms with Gasteiger partial charge in [-0.3, -0.25) is 4.79 Å². The molecule has 1 aromatic rings. The number of amides is 1. The van der Waals surface area contributed by atoms with Gasteiger partial charge in [-0.1, -0.05) is 6.07 Å². The summed E-state index contributed by atoms with van der Waals surface area (Å²) in [6.07, 6.45) is 0.856. The lowest BCUT2D eigenvalue weighted by molar-refractivity contribution is -0.143. The summed E-state index contributed by atoms with van der Waals surface area (Å²) in [6.45, 7) is 2.78. The Labute approximate surface area is 112 Å². The molecule has 1 N–H and O–H groups in total. The third-order valence-electron chi connectivity index (χ3n) is 3.44. The number of rotatable bonds is 5. The fourth-order valence-electron chi connectivity index (χ4n) is 2.50. The van der Waals surface area contributed by atoms with E-state index in [1.807, 2.05) is 23.4 Å². The molecule has 1 unspecified atom stereocenters. The Morgan fingerprint density at radius 3 is 3.06 bits per heavy atom. The zero-order chi connectivity index (χ0) is 13.0. The average Bonchev–Trinajstić information content (AvgIpc) is 3.00. The van der Waals surface area contributed by atoms with Gasteiger partial charge in [-0.25, -0.2) is 0 Å². The van der Waals surface area contributed by atoms with Crippen LogP contribution >= 0.6 is 11.3 Å². The molecule has 1 saturated heterocycles. The van der Waals surface area contributed by atoms with Gasteiger partial charge in [0, 0.05) is 25.6 Å². The highest BCUT2D eigenvalue weighted by Gasteiger charge is 2.42. The van der Waals surface area contributed by atoms with Gasteiger partial charge in [0.05, 0.1) is 18.6 Å². The Balaban J connectivity index is 2.04. The average molecular weight is 268 g/mol. The Kier molecular flexibility index (Phi) is 4.37. The van der Waals surface area contributed by atoms with Crippen LogP contribution in [-0.4, -0.2) is 44.7 Å². The van der Waals surface area contributed by atoms with Gasteiger partial charge in [0.1, 0.15) is 0 Å². The van der Waals surface area contributed by atoms with E-state index in [1.54, 1.807) is 18.4 Å². The van der Waals surface area contributed by atoms with Crippen molar-refractivity contribution in [3.05, 3.63) is 22.4 Å². The minimum absolute atomic E-state index is 0.183. The van der Waals surface area contributed by atoms with Crippen LogP contribution in [0.25, 0.3) is 0 Å². The normalized spacial score (nSPS) is 23.2. The molecular weight excluding hydrogens is 248 g/mol. The van der Waals surface area contributed by atoms with Gasteiger partial charge in [0.2, 0.25) is 5.91 Å². The number of ether oxygens (including phenoxy) is 1. The highest BCUT2D eigenvalue weighted by molar-refractivity contribution is 7.09. The minimum atomic E-state index is -0.374. The maximum Gasteiger partial charge on any atom is 0.232 e. The maximum atomic E-state index is 12.6. The van der Waals surface area contributed by atoms with Crippen molar-refractivity contribution >= 4 is 17.2 Å². The SMILES string of the molecule is COCC1(C(=O)N(C)Cc2cccs2)CCNC1. The van der Waals surface area contributed by atoms with Crippen molar-refractivity contribution < 1.29 is 9.53 Å². The second-order valence-electron chi connectivity index (χ2n) is 4.88. The van der Waals surface area contributed by atoms with E-state index in [1.165, 1.54) is 4.88 Å². The summed E-state index contributed by atoms with van der Waals surface area (Å²) >= 11 is 1.68. The molecule has 1 amide bonds. The van der Waals surface area contributed by atoms with Crippen molar-refractivity contribution in [1.82, 2.24) is 10.2 Å². The monoisotopic (exact) mass is 268 g/mol. The molecule has 1 aromatic heterocycles. The van der Waals surface area contributed by atoms with Crippen molar-refractivity contribution in [2.45, 2.75) is 13.0 Å². The number of methoxy groups -OCH3 is 1. The molecule has 2 heterocycles. The molecule has 4 nitrogen and oxygen atoms in total. The van der Waals surface area contributed by atoms with Crippen molar-refractivity contribution in [1.29, 1.82) is 0 Å². The maximum absolute atomic E-state index is 12.6. The van der Waals surface area contributed by atoms with Crippen LogP contribution in [0.4, 0.5) is 0 Å². The van der Waals surface area contributed by atoms with E-state index in [9.17, 15) is 4.79 Å². The van der Waals surface area contributed by atoms with E-state index in [4.69, 9.17) is 4.74 Å². The van der Waals surface area contributed by atoms with Crippen LogP contribution in [0.15, 0.2) is 17.5 Å². The number of carbonyl (C=O) groups excluding carboxylic acids is 1. The predicted molar refractivity (Wildman–Crippen MR) is 72.6 cm³/mol. The van der Waals surface area contributed by atoms with Crippen LogP contribution in [0, 0.1) is 5.41 Å². The summed E-state index contributed by atoms with van der Waals surface area (Å²) in [4.78, 5) is 15.6. The molecule has 0 bridgehead atoms. The number of carbonyl (C=O) groups is 1. The zero-order valence-electron chi connectivity index (χ0n) is 10.9. The molecule has 0 aliphatic carbocycles. The smallest absolute Gasteiger partial charge is 0.232 e. The van der Waals surface area contributed by atoms with Gasteiger partial charge in [0.25, 0.3) is 0 Å². The van der Waals surface area contributed by atoms with Crippen molar-refractivity contribution in [2.24, 2.45) is 5.41 Å². The van der Waals surface area contributed by atoms with Crippen LogP contribution in [0.5, 0.6) is 0 Å². The molecule has 1 fully saturated rings. The van der Waals surface area contributed by atoms with E-state index in [0.717, 1.165) is 13.0 Å². The number of nitrogens with zero attached hydrogens (tertiary/aromatic N) is 1. The van der Waals surface area contributed by atoms with Crippen molar-refractivity contribution in [2.75, 3.05) is 33.9 Å². The number of hydrogen-bond donors (Lipinski definition) is 1. The zero-order valence-corrected chi connectivity index (χ0v) is 11.8. The summed E-state index contributed by atoms with van der Waals surface area (Å²) < 4.78 is 5.25. The van der Waals surface area contributed by atoms with Gasteiger partial charge < -0.3 is 15.0 Å². The van der Waals surface area contributed by atoms with Gasteiger partial charge in [-0.05, 0) is 24.4 Å². The quantitative estimate of drug-likeness (QED) is 0.876. The summed E-state index contributed by atoms with van der Waals surface area (Å²) in [6, 6.07) is 4.07. The van der Waals surface area contributed by atoms with Crippen LogP contribution in [0.1, 0.15) is 11.3 Å². The third-order valence-corrected chi connectivity index (χ3v) is 4.30. The number of nitrogens with one attached hydrogen (secondary N) is 1. The molecule has 0 radical (unpaired) electrons. The first kappa shape index (κ1) is 13.5. The van der Waals surface area contributed by atoms with Crippen molar-refractivity contribution in [3.63, 3.8) is 0 Å². The summed E-state index contributed by atoms with van der Waals surface area (Å²) in [5.74, 6) is 0.183. The Hall–Kier alpha value is -0.910. The van der Waals surface area contributed by atoms with Crippen LogP contribution < -0.4 is 5.32 Å².